The molecule has 4 saturated carbocycles. The maximum atomic E-state index is 12.9. The first kappa shape index (κ1) is 39.5. The molecule has 4 aliphatic carbocycles. The molecule has 1 amide bonds. The van der Waals surface area contributed by atoms with Gasteiger partial charge in [-0.3, -0.25) is 4.79 Å². The Hall–Kier alpha value is -1.26. The van der Waals surface area contributed by atoms with Crippen molar-refractivity contribution in [2.45, 2.75) is 136 Å². The molecule has 0 aliphatic heterocycles. The van der Waals surface area contributed by atoms with Gasteiger partial charge in [-0.25, -0.2) is 4.79 Å². The van der Waals surface area contributed by atoms with Gasteiger partial charge in [0.05, 0.1) is 13.2 Å². The lowest BCUT2D eigenvalue weighted by Crippen LogP contribution is -2.59. The van der Waals surface area contributed by atoms with Crippen LogP contribution in [0.5, 0.6) is 0 Å². The minimum Gasteiger partial charge on any atom is -0.467 e. The molecule has 7 N–H and O–H groups in total. The Labute approximate surface area is 292 Å². The van der Waals surface area contributed by atoms with Crippen LogP contribution in [0.25, 0.3) is 0 Å². The third-order valence-electron chi connectivity index (χ3n) is 13.8. The largest absolute Gasteiger partial charge is 0.467 e. The Balaban J connectivity index is 1.25. The molecule has 0 heterocycles. The van der Waals surface area contributed by atoms with E-state index in [0.29, 0.717) is 65.7 Å². The predicted octanol–water partition coefficient (Wildman–Crippen LogP) is 4.61. The highest BCUT2D eigenvalue weighted by Gasteiger charge is 2.62. The minimum atomic E-state index is -0.572. The monoisotopic (exact) mass is 676 g/mol. The van der Waals surface area contributed by atoms with E-state index in [1.54, 1.807) is 0 Å². The fraction of sp³-hybridized carbons (Fsp3) is 0.949. The van der Waals surface area contributed by atoms with Gasteiger partial charge in [0.15, 0.2) is 0 Å². The molecule has 0 radical (unpaired) electrons. The zero-order chi connectivity index (χ0) is 34.9. The van der Waals surface area contributed by atoms with Gasteiger partial charge in [0.1, 0.15) is 6.04 Å². The van der Waals surface area contributed by atoms with E-state index in [4.69, 9.17) is 10.5 Å². The minimum absolute atomic E-state index is 0.0491. The highest BCUT2D eigenvalue weighted by molar-refractivity contribution is 5.84. The van der Waals surface area contributed by atoms with E-state index >= 15 is 0 Å². The number of esters is 1. The molecule has 4 rings (SSSR count). The van der Waals surface area contributed by atoms with Gasteiger partial charge in [-0.05, 0) is 155 Å². The van der Waals surface area contributed by atoms with Gasteiger partial charge in [-0.1, -0.05) is 34.6 Å². The van der Waals surface area contributed by atoms with Crippen LogP contribution in [0.1, 0.15) is 118 Å². The maximum absolute atomic E-state index is 12.9. The standard InChI is InChI=1S/C39H73N5O4/c1-26(2)23-33(37(47)48-6)44-35(46)12-9-27(3)30-10-11-31-36-32(14-16-39(30,31)5)38(4)15-13-29(24-28(38)25-34(36)45)43-20-8-19-42-22-21-41-18-7-17-40/h26-34,36,41-43,45H,7-25,40H2,1-6H3,(H,44,46)/t27-,28+,29+,30-,31+,32+,33+,34-,36+,38+,39-/m1/s1. The summed E-state index contributed by atoms with van der Waals surface area (Å²) in [5, 5.41) is 25.7. The summed E-state index contributed by atoms with van der Waals surface area (Å²) in [7, 11) is 1.39. The molecule has 9 heteroatoms. The number of ether oxygens (including phenoxy) is 1. The number of amides is 1. The number of rotatable bonds is 19. The van der Waals surface area contributed by atoms with Gasteiger partial charge in [0.25, 0.3) is 0 Å². The van der Waals surface area contributed by atoms with Crippen molar-refractivity contribution in [3.8, 4) is 0 Å². The van der Waals surface area contributed by atoms with E-state index in [1.165, 1.54) is 52.1 Å². The number of carbonyl (C=O) groups is 2. The molecule has 278 valence electrons. The fourth-order valence-corrected chi connectivity index (χ4v) is 11.2. The second-order valence-electron chi connectivity index (χ2n) is 17.2. The van der Waals surface area contributed by atoms with Crippen molar-refractivity contribution in [1.82, 2.24) is 21.3 Å². The number of nitrogens with one attached hydrogen (secondary N) is 4. The number of hydrogen-bond donors (Lipinski definition) is 6. The molecule has 0 aromatic rings. The first-order valence-corrected chi connectivity index (χ1v) is 19.8. The summed E-state index contributed by atoms with van der Waals surface area (Å²) in [6, 6.07) is -0.00176. The number of carbonyl (C=O) groups excluding carboxylic acids is 2. The molecule has 0 aromatic heterocycles. The van der Waals surface area contributed by atoms with Crippen LogP contribution in [-0.2, 0) is 14.3 Å². The summed E-state index contributed by atoms with van der Waals surface area (Å²) in [6.07, 6.45) is 13.4. The summed E-state index contributed by atoms with van der Waals surface area (Å²) >= 11 is 0. The van der Waals surface area contributed by atoms with E-state index in [-0.39, 0.29) is 23.4 Å². The SMILES string of the molecule is COC(=O)[C@H](CC(C)C)NC(=O)CC[C@@H](C)[C@H]1CC[C@H]2[C@@H]3[C@H](O)C[C@@H]4C[C@@H](NCCCNCCNCCCN)CC[C@]4(C)[C@H]3CC[C@]12C. The van der Waals surface area contributed by atoms with Crippen molar-refractivity contribution < 1.29 is 19.4 Å². The molecule has 4 fully saturated rings. The fourth-order valence-electron chi connectivity index (χ4n) is 11.2. The average molecular weight is 676 g/mol. The Morgan fingerprint density at radius 3 is 2.27 bits per heavy atom. The molecule has 0 aromatic carbocycles. The van der Waals surface area contributed by atoms with Crippen LogP contribution >= 0.6 is 0 Å². The Morgan fingerprint density at radius 2 is 1.58 bits per heavy atom. The third kappa shape index (κ3) is 9.54. The van der Waals surface area contributed by atoms with Crippen LogP contribution in [0, 0.1) is 52.3 Å². The summed E-state index contributed by atoms with van der Waals surface area (Å²) in [6.45, 7) is 17.4. The van der Waals surface area contributed by atoms with Crippen molar-refractivity contribution in [3.63, 3.8) is 0 Å². The second kappa shape index (κ2) is 18.3. The Morgan fingerprint density at radius 1 is 0.896 bits per heavy atom. The molecular weight excluding hydrogens is 602 g/mol. The normalized spacial score (nSPS) is 35.7. The topological polar surface area (TPSA) is 138 Å². The van der Waals surface area contributed by atoms with Gasteiger partial charge in [0.2, 0.25) is 5.91 Å². The van der Waals surface area contributed by atoms with Gasteiger partial charge >= 0.3 is 5.97 Å². The van der Waals surface area contributed by atoms with Gasteiger partial charge in [-0.15, -0.1) is 0 Å². The van der Waals surface area contributed by atoms with Crippen molar-refractivity contribution in [2.24, 2.45) is 58.0 Å². The number of aliphatic hydroxyl groups is 1. The first-order valence-electron chi connectivity index (χ1n) is 19.8. The zero-order valence-electron chi connectivity index (χ0n) is 31.5. The Kier molecular flexibility index (Phi) is 15.1. The molecule has 0 bridgehead atoms. The number of methoxy groups -OCH3 is 1. The van der Waals surface area contributed by atoms with Crippen molar-refractivity contribution in [2.75, 3.05) is 46.4 Å². The molecule has 4 aliphatic rings. The number of fused-ring (bicyclic) bond motifs is 5. The highest BCUT2D eigenvalue weighted by Crippen LogP contribution is 2.68. The van der Waals surface area contributed by atoms with E-state index in [1.807, 2.05) is 0 Å². The van der Waals surface area contributed by atoms with Gasteiger partial charge in [-0.2, -0.15) is 0 Å². The number of hydrogen-bond acceptors (Lipinski definition) is 8. The van der Waals surface area contributed by atoms with Crippen molar-refractivity contribution in [1.29, 1.82) is 0 Å². The molecule has 0 spiro atoms. The third-order valence-corrected chi connectivity index (χ3v) is 13.8. The lowest BCUT2D eigenvalue weighted by Gasteiger charge is -2.62. The van der Waals surface area contributed by atoms with Crippen LogP contribution in [0.4, 0.5) is 0 Å². The highest BCUT2D eigenvalue weighted by atomic mass is 16.5. The molecule has 48 heavy (non-hydrogen) atoms. The van der Waals surface area contributed by atoms with Crippen LogP contribution < -0.4 is 27.0 Å². The summed E-state index contributed by atoms with van der Waals surface area (Å²) < 4.78 is 4.95. The lowest BCUT2D eigenvalue weighted by molar-refractivity contribution is -0.167. The van der Waals surface area contributed by atoms with Crippen LogP contribution in [0.3, 0.4) is 0 Å². The number of nitrogens with two attached hydrogens (primary N) is 1. The lowest BCUT2D eigenvalue weighted by atomic mass is 9.43. The van der Waals surface area contributed by atoms with Crippen molar-refractivity contribution in [3.05, 3.63) is 0 Å². The maximum Gasteiger partial charge on any atom is 0.328 e. The molecule has 0 unspecified atom stereocenters. The van der Waals surface area contributed by atoms with E-state index in [0.717, 1.165) is 65.0 Å². The summed E-state index contributed by atoms with van der Waals surface area (Å²) in [4.78, 5) is 25.2. The smallest absolute Gasteiger partial charge is 0.328 e. The van der Waals surface area contributed by atoms with Gasteiger partial charge in [0, 0.05) is 25.6 Å². The molecule has 11 atom stereocenters. The average Bonchev–Trinajstić information content (AvgIpc) is 3.41. The van der Waals surface area contributed by atoms with E-state index in [2.05, 4.69) is 55.9 Å². The van der Waals surface area contributed by atoms with Crippen LogP contribution in [0.15, 0.2) is 0 Å². The number of aliphatic hydroxyl groups excluding tert-OH is 1. The summed E-state index contributed by atoms with van der Waals surface area (Å²) in [5.74, 6) is 3.08. The first-order chi connectivity index (χ1) is 22.9. The molecule has 0 saturated heterocycles. The zero-order valence-corrected chi connectivity index (χ0v) is 31.5. The second-order valence-corrected chi connectivity index (χ2v) is 17.2. The van der Waals surface area contributed by atoms with Gasteiger partial charge < -0.3 is 36.8 Å². The van der Waals surface area contributed by atoms with Crippen LogP contribution in [0.2, 0.25) is 0 Å². The molecule has 9 nitrogen and oxygen atoms in total. The predicted molar refractivity (Wildman–Crippen MR) is 194 cm³/mol. The van der Waals surface area contributed by atoms with E-state index < -0.39 is 6.04 Å². The van der Waals surface area contributed by atoms with Crippen LogP contribution in [-0.4, -0.2) is 81.5 Å². The quantitative estimate of drug-likeness (QED) is 0.0863. The van der Waals surface area contributed by atoms with Crippen molar-refractivity contribution >= 4 is 11.9 Å². The van der Waals surface area contributed by atoms with E-state index in [9.17, 15) is 14.7 Å². The Bertz CT molecular complexity index is 1010. The summed E-state index contributed by atoms with van der Waals surface area (Å²) in [5.41, 5.74) is 6.10. The molecular formula is C39H73N5O4.